The second kappa shape index (κ2) is 13.9. The molecule has 3 aliphatic heterocycles. The molecule has 9 heteroatoms. The fraction of sp³-hybridized carbons (Fsp3) is 0.513. The molecule has 7 atom stereocenters. The van der Waals surface area contributed by atoms with E-state index in [1.807, 2.05) is 82.3 Å². The van der Waals surface area contributed by atoms with Crippen molar-refractivity contribution in [1.29, 1.82) is 0 Å². The maximum Gasteiger partial charge on any atom is 0.253 e. The first-order chi connectivity index (χ1) is 22.9. The van der Waals surface area contributed by atoms with E-state index in [9.17, 15) is 14.7 Å². The summed E-state index contributed by atoms with van der Waals surface area (Å²) < 4.78 is 7.04. The van der Waals surface area contributed by atoms with Crippen molar-refractivity contribution in [2.75, 3.05) is 47.5 Å². The van der Waals surface area contributed by atoms with Crippen LogP contribution in [0, 0.1) is 23.7 Å². The van der Waals surface area contributed by atoms with Gasteiger partial charge in [-0.1, -0.05) is 51.1 Å². The summed E-state index contributed by atoms with van der Waals surface area (Å²) in [6.45, 7) is 21.7. The van der Waals surface area contributed by atoms with Crippen LogP contribution in [0.15, 0.2) is 79.9 Å². The van der Waals surface area contributed by atoms with Gasteiger partial charge in [0.1, 0.15) is 11.6 Å². The second-order valence-electron chi connectivity index (χ2n) is 13.9. The second-order valence-corrected chi connectivity index (χ2v) is 13.9. The standard InChI is InChI=1S/C39H52N4O5/c1-9-22-41(29-16-14-13-15-17-29)35(45)32-33-36(46)43(31(25-44)26(5)6)34(39(33)24-27(7)38(32,8)48-39)37(47)42(23-10-2)30-20-18-28(19-21-30)40(11-3)12-4/h9-10,13-21,26-27,31-34,44H,1-2,11-12,22-25H2,3-8H3/t27?,31-,32+,33-,34?,38-,39?/m0/s1. The number of anilines is 3. The summed E-state index contributed by atoms with van der Waals surface area (Å²) in [5.74, 6) is -2.90. The molecule has 1 N–H and O–H groups in total. The zero-order valence-corrected chi connectivity index (χ0v) is 29.3. The Labute approximate surface area is 285 Å². The molecular formula is C39H52N4O5. The number of aliphatic hydroxyl groups is 1. The van der Waals surface area contributed by atoms with Crippen LogP contribution in [0.1, 0.15) is 48.0 Å². The first-order valence-corrected chi connectivity index (χ1v) is 17.3. The number of hydrogen-bond donors (Lipinski definition) is 1. The molecule has 0 aromatic heterocycles. The maximum atomic E-state index is 15.1. The molecule has 3 unspecified atom stereocenters. The van der Waals surface area contributed by atoms with Gasteiger partial charge in [0.25, 0.3) is 5.91 Å². The molecule has 258 valence electrons. The number of carbonyl (C=O) groups is 3. The van der Waals surface area contributed by atoms with Crippen LogP contribution in [0.5, 0.6) is 0 Å². The molecule has 48 heavy (non-hydrogen) atoms. The van der Waals surface area contributed by atoms with Gasteiger partial charge in [-0.15, -0.1) is 13.2 Å². The van der Waals surface area contributed by atoms with Crippen molar-refractivity contribution in [3.63, 3.8) is 0 Å². The largest absolute Gasteiger partial charge is 0.394 e. The van der Waals surface area contributed by atoms with E-state index in [1.54, 1.807) is 26.9 Å². The van der Waals surface area contributed by atoms with Crippen LogP contribution in [0.2, 0.25) is 0 Å². The molecule has 3 aliphatic rings. The van der Waals surface area contributed by atoms with E-state index in [4.69, 9.17) is 4.74 Å². The Morgan fingerprint density at radius 1 is 0.958 bits per heavy atom. The van der Waals surface area contributed by atoms with Crippen LogP contribution in [0.4, 0.5) is 17.1 Å². The number of aliphatic hydroxyl groups excluding tert-OH is 1. The molecule has 0 radical (unpaired) electrons. The minimum absolute atomic E-state index is 0.125. The number of rotatable bonds is 14. The first-order valence-electron chi connectivity index (χ1n) is 17.3. The fourth-order valence-electron chi connectivity index (χ4n) is 8.57. The average Bonchev–Trinajstić information content (AvgIpc) is 3.60. The highest BCUT2D eigenvalue weighted by Crippen LogP contribution is 2.66. The van der Waals surface area contributed by atoms with Crippen molar-refractivity contribution in [2.45, 2.75) is 71.2 Å². The summed E-state index contributed by atoms with van der Waals surface area (Å²) in [4.78, 5) is 52.0. The lowest BCUT2D eigenvalue weighted by Crippen LogP contribution is -2.60. The van der Waals surface area contributed by atoms with Gasteiger partial charge in [-0.3, -0.25) is 14.4 Å². The van der Waals surface area contributed by atoms with Gasteiger partial charge in [0.15, 0.2) is 0 Å². The number of fused-ring (bicyclic) bond motifs is 1. The van der Waals surface area contributed by atoms with E-state index < -0.39 is 35.1 Å². The molecule has 2 bridgehead atoms. The Balaban J connectivity index is 1.64. The molecule has 5 rings (SSSR count). The lowest BCUT2D eigenvalue weighted by molar-refractivity contribution is -0.150. The summed E-state index contributed by atoms with van der Waals surface area (Å²) in [5.41, 5.74) is 0.175. The Kier molecular flexibility index (Phi) is 10.2. The van der Waals surface area contributed by atoms with E-state index in [2.05, 4.69) is 31.9 Å². The van der Waals surface area contributed by atoms with Crippen molar-refractivity contribution < 1.29 is 24.2 Å². The number of carbonyl (C=O) groups excluding carboxylic acids is 3. The molecular weight excluding hydrogens is 604 g/mol. The quantitative estimate of drug-likeness (QED) is 0.278. The van der Waals surface area contributed by atoms with Crippen molar-refractivity contribution in [1.82, 2.24) is 4.90 Å². The highest BCUT2D eigenvalue weighted by molar-refractivity contribution is 6.07. The van der Waals surface area contributed by atoms with Gasteiger partial charge in [-0.05, 0) is 75.4 Å². The zero-order valence-electron chi connectivity index (χ0n) is 29.3. The highest BCUT2D eigenvalue weighted by atomic mass is 16.5. The monoisotopic (exact) mass is 656 g/mol. The minimum Gasteiger partial charge on any atom is -0.394 e. The van der Waals surface area contributed by atoms with Gasteiger partial charge >= 0.3 is 0 Å². The Hall–Kier alpha value is -3.95. The van der Waals surface area contributed by atoms with E-state index in [1.165, 1.54) is 0 Å². The summed E-state index contributed by atoms with van der Waals surface area (Å²) in [5, 5.41) is 10.7. The summed E-state index contributed by atoms with van der Waals surface area (Å²) in [7, 11) is 0. The lowest BCUT2D eigenvalue weighted by atomic mass is 9.62. The molecule has 3 heterocycles. The normalized spacial score (nSPS) is 27.9. The number of ether oxygens (including phenoxy) is 1. The van der Waals surface area contributed by atoms with Crippen LogP contribution in [0.25, 0.3) is 0 Å². The van der Waals surface area contributed by atoms with Crippen LogP contribution < -0.4 is 14.7 Å². The smallest absolute Gasteiger partial charge is 0.253 e. The first kappa shape index (κ1) is 35.4. The average molecular weight is 657 g/mol. The summed E-state index contributed by atoms with van der Waals surface area (Å²) >= 11 is 0. The Bertz CT molecular complexity index is 1510. The number of benzene rings is 2. The molecule has 2 aromatic rings. The van der Waals surface area contributed by atoms with Gasteiger partial charge in [-0.25, -0.2) is 0 Å². The third kappa shape index (κ3) is 5.54. The van der Waals surface area contributed by atoms with E-state index in [0.717, 1.165) is 18.8 Å². The van der Waals surface area contributed by atoms with Gasteiger partial charge in [0.05, 0.1) is 30.1 Å². The third-order valence-electron chi connectivity index (χ3n) is 11.1. The van der Waals surface area contributed by atoms with Crippen molar-refractivity contribution >= 4 is 34.8 Å². The lowest BCUT2D eigenvalue weighted by Gasteiger charge is -2.40. The Morgan fingerprint density at radius 3 is 2.02 bits per heavy atom. The summed E-state index contributed by atoms with van der Waals surface area (Å²) in [6.07, 6.45) is 3.78. The van der Waals surface area contributed by atoms with E-state index >= 15 is 4.79 Å². The molecule has 3 amide bonds. The number of likely N-dealkylation sites (tertiary alicyclic amines) is 1. The Morgan fingerprint density at radius 2 is 1.50 bits per heavy atom. The van der Waals surface area contributed by atoms with E-state index in [-0.39, 0.29) is 49.3 Å². The van der Waals surface area contributed by atoms with Crippen LogP contribution in [0.3, 0.4) is 0 Å². The maximum absolute atomic E-state index is 15.1. The number of nitrogens with zero attached hydrogens (tertiary/aromatic N) is 4. The van der Waals surface area contributed by atoms with Gasteiger partial charge in [0.2, 0.25) is 11.8 Å². The van der Waals surface area contributed by atoms with Crippen LogP contribution in [-0.4, -0.2) is 83.8 Å². The van der Waals surface area contributed by atoms with Crippen molar-refractivity contribution in [3.8, 4) is 0 Å². The van der Waals surface area contributed by atoms with Crippen molar-refractivity contribution in [3.05, 3.63) is 79.9 Å². The number of hydrogen-bond acceptors (Lipinski definition) is 6. The van der Waals surface area contributed by atoms with Gasteiger partial charge in [0, 0.05) is 43.2 Å². The predicted octanol–water partition coefficient (Wildman–Crippen LogP) is 5.30. The minimum atomic E-state index is -1.26. The molecule has 2 aromatic carbocycles. The topological polar surface area (TPSA) is 93.6 Å². The summed E-state index contributed by atoms with van der Waals surface area (Å²) in [6, 6.07) is 15.5. The highest BCUT2D eigenvalue weighted by Gasteiger charge is 2.80. The molecule has 0 aliphatic carbocycles. The number of para-hydroxylation sites is 1. The number of amides is 3. The van der Waals surface area contributed by atoms with Crippen molar-refractivity contribution in [2.24, 2.45) is 23.7 Å². The molecule has 0 saturated carbocycles. The third-order valence-corrected chi connectivity index (χ3v) is 11.1. The van der Waals surface area contributed by atoms with Crippen LogP contribution >= 0.6 is 0 Å². The van der Waals surface area contributed by atoms with Gasteiger partial charge in [-0.2, -0.15) is 0 Å². The van der Waals surface area contributed by atoms with Crippen LogP contribution in [-0.2, 0) is 19.1 Å². The predicted molar refractivity (Wildman–Crippen MR) is 191 cm³/mol. The molecule has 3 saturated heterocycles. The molecule has 1 spiro atoms. The van der Waals surface area contributed by atoms with Gasteiger partial charge < -0.3 is 29.4 Å². The molecule has 9 nitrogen and oxygen atoms in total. The SMILES string of the molecule is C=CCN(C(=O)C1N([C@@H](CO)C(C)C)C(=O)[C@@H]2[C@H](C(=O)N(CC=C)c3ccccc3)[C@@]3(C)OC12CC3C)c1ccc(N(CC)CC)cc1. The molecule has 3 fully saturated rings. The van der Waals surface area contributed by atoms with E-state index in [0.29, 0.717) is 17.8 Å². The fourth-order valence-corrected chi connectivity index (χ4v) is 8.57. The zero-order chi connectivity index (χ0) is 35.0.